The summed E-state index contributed by atoms with van der Waals surface area (Å²) in [6.07, 6.45) is 5.72. The third-order valence-corrected chi connectivity index (χ3v) is 7.09. The number of aliphatic imine (C=N–C) groups is 1. The van der Waals surface area contributed by atoms with Gasteiger partial charge in [0.15, 0.2) is 10.7 Å². The van der Waals surface area contributed by atoms with Crippen molar-refractivity contribution in [3.05, 3.63) is 24.3 Å². The summed E-state index contributed by atoms with van der Waals surface area (Å²) in [6, 6.07) is 8.65. The summed E-state index contributed by atoms with van der Waals surface area (Å²) >= 11 is 1.61. The summed E-state index contributed by atoms with van der Waals surface area (Å²) in [6.45, 7) is 0. The van der Waals surface area contributed by atoms with Gasteiger partial charge in [-0.1, -0.05) is 41.6 Å². The summed E-state index contributed by atoms with van der Waals surface area (Å²) in [5, 5.41) is 4.43. The number of ether oxygens (including phenoxy) is 1. The third-order valence-electron chi connectivity index (χ3n) is 6.14. The highest BCUT2D eigenvalue weighted by Gasteiger charge is 2.59. The van der Waals surface area contributed by atoms with Crippen molar-refractivity contribution in [1.82, 2.24) is 4.98 Å². The second-order valence-corrected chi connectivity index (χ2v) is 8.84. The third kappa shape index (κ3) is 2.11. The van der Waals surface area contributed by atoms with Crippen LogP contribution in [0.15, 0.2) is 29.3 Å². The quantitative estimate of drug-likeness (QED) is 0.783. The summed E-state index contributed by atoms with van der Waals surface area (Å²) in [5.41, 5.74) is 7.12. The van der Waals surface area contributed by atoms with Gasteiger partial charge in [-0.3, -0.25) is 5.32 Å². The molecule has 4 aliphatic rings. The molecule has 1 spiro atoms. The van der Waals surface area contributed by atoms with E-state index < -0.39 is 0 Å². The molecule has 3 N–H and O–H groups in total. The SMILES string of the molecule is BC12CCC(CC1)[C@@]1(C2)OC(Nc2nc3ccccc3s2)=NC1N. The lowest BCUT2D eigenvalue weighted by molar-refractivity contribution is -0.0796. The van der Waals surface area contributed by atoms with Crippen molar-refractivity contribution < 1.29 is 4.74 Å². The van der Waals surface area contributed by atoms with Crippen LogP contribution >= 0.6 is 11.3 Å². The number of nitrogens with two attached hydrogens (primary N) is 1. The van der Waals surface area contributed by atoms with Crippen LogP contribution in [-0.4, -0.2) is 30.6 Å². The number of para-hydroxylation sites is 1. The minimum atomic E-state index is -0.315. The number of fused-ring (bicyclic) bond motifs is 3. The molecule has 1 aromatic carbocycles. The first-order valence-electron chi connectivity index (χ1n) is 8.71. The molecule has 3 saturated carbocycles. The van der Waals surface area contributed by atoms with E-state index in [1.54, 1.807) is 11.3 Å². The maximum Gasteiger partial charge on any atom is 0.293 e. The number of hydrogen-bond acceptors (Lipinski definition) is 6. The molecule has 1 aliphatic heterocycles. The van der Waals surface area contributed by atoms with Crippen molar-refractivity contribution in [2.24, 2.45) is 16.6 Å². The number of thiazole rings is 1. The summed E-state index contributed by atoms with van der Waals surface area (Å²) in [4.78, 5) is 9.21. The van der Waals surface area contributed by atoms with Gasteiger partial charge in [-0.05, 0) is 31.4 Å². The predicted molar refractivity (Wildman–Crippen MR) is 100 cm³/mol. The van der Waals surface area contributed by atoms with Crippen molar-refractivity contribution in [2.75, 3.05) is 5.32 Å². The molecule has 2 atom stereocenters. The Morgan fingerprint density at radius 1 is 1.29 bits per heavy atom. The molecule has 3 fully saturated rings. The van der Waals surface area contributed by atoms with Crippen LogP contribution in [0.3, 0.4) is 0 Å². The van der Waals surface area contributed by atoms with Crippen molar-refractivity contribution in [3.63, 3.8) is 0 Å². The van der Waals surface area contributed by atoms with Crippen LogP contribution in [0.5, 0.6) is 0 Å². The van der Waals surface area contributed by atoms with E-state index in [2.05, 4.69) is 29.2 Å². The summed E-state index contributed by atoms with van der Waals surface area (Å²) in [7, 11) is 2.37. The minimum Gasteiger partial charge on any atom is -0.454 e. The number of nitrogens with one attached hydrogen (secondary N) is 1. The van der Waals surface area contributed by atoms with Crippen molar-refractivity contribution in [1.29, 1.82) is 0 Å². The van der Waals surface area contributed by atoms with E-state index in [1.807, 2.05) is 18.2 Å². The maximum absolute atomic E-state index is 6.44. The Balaban J connectivity index is 1.40. The van der Waals surface area contributed by atoms with E-state index in [1.165, 1.54) is 25.7 Å². The van der Waals surface area contributed by atoms with Gasteiger partial charge < -0.3 is 10.5 Å². The van der Waals surface area contributed by atoms with Gasteiger partial charge >= 0.3 is 0 Å². The lowest BCUT2D eigenvalue weighted by Gasteiger charge is -2.55. The van der Waals surface area contributed by atoms with Gasteiger partial charge in [0.25, 0.3) is 6.02 Å². The largest absolute Gasteiger partial charge is 0.454 e. The summed E-state index contributed by atoms with van der Waals surface area (Å²) < 4.78 is 7.54. The molecule has 6 rings (SSSR count). The van der Waals surface area contributed by atoms with E-state index >= 15 is 0 Å². The topological polar surface area (TPSA) is 72.5 Å². The Morgan fingerprint density at radius 3 is 2.83 bits per heavy atom. The molecule has 0 saturated heterocycles. The van der Waals surface area contributed by atoms with Gasteiger partial charge in [0.2, 0.25) is 0 Å². The molecule has 24 heavy (non-hydrogen) atoms. The Bertz CT molecular complexity index is 796. The zero-order valence-corrected chi connectivity index (χ0v) is 14.6. The molecule has 0 amide bonds. The lowest BCUT2D eigenvalue weighted by Crippen LogP contribution is -2.58. The van der Waals surface area contributed by atoms with Gasteiger partial charge in [-0.15, -0.1) is 0 Å². The fraction of sp³-hybridized carbons (Fsp3) is 0.529. The van der Waals surface area contributed by atoms with Crippen LogP contribution in [0.25, 0.3) is 10.2 Å². The lowest BCUT2D eigenvalue weighted by atomic mass is 9.46. The van der Waals surface area contributed by atoms with Crippen molar-refractivity contribution in [3.8, 4) is 0 Å². The van der Waals surface area contributed by atoms with Crippen LogP contribution < -0.4 is 11.1 Å². The zero-order valence-electron chi connectivity index (χ0n) is 13.8. The fourth-order valence-electron chi connectivity index (χ4n) is 4.83. The standard InChI is InChI=1S/C17H21BN4OS/c18-16-7-5-10(6-8-16)17(9-16)13(19)21-14(23-17)22-15-20-11-3-1-2-4-12(11)24-15/h1-4,10,13H,5-9,18-19H2,(H,20,21,22)/t10?,13?,16?,17-/m1/s1. The average molecular weight is 340 g/mol. The summed E-state index contributed by atoms with van der Waals surface area (Å²) in [5.74, 6) is 0.521. The molecular weight excluding hydrogens is 319 g/mol. The number of anilines is 1. The normalized spacial score (nSPS) is 37.6. The highest BCUT2D eigenvalue weighted by Crippen LogP contribution is 2.60. The molecular formula is C17H21BN4OS. The van der Waals surface area contributed by atoms with Crippen LogP contribution in [0.1, 0.15) is 32.1 Å². The molecule has 0 radical (unpaired) electrons. The van der Waals surface area contributed by atoms with Gasteiger partial charge in [0.1, 0.15) is 14.0 Å². The molecule has 1 unspecified atom stereocenters. The smallest absolute Gasteiger partial charge is 0.293 e. The molecule has 5 nitrogen and oxygen atoms in total. The number of amidine groups is 1. The van der Waals surface area contributed by atoms with E-state index in [4.69, 9.17) is 10.5 Å². The Morgan fingerprint density at radius 2 is 2.08 bits per heavy atom. The predicted octanol–water partition coefficient (Wildman–Crippen LogP) is 2.50. The first-order valence-corrected chi connectivity index (χ1v) is 9.53. The number of hydrogen-bond donors (Lipinski definition) is 2. The van der Waals surface area contributed by atoms with E-state index in [0.29, 0.717) is 17.3 Å². The van der Waals surface area contributed by atoms with E-state index in [-0.39, 0.29) is 11.8 Å². The zero-order chi connectivity index (χ0) is 16.4. The number of nitrogens with zero attached hydrogens (tertiary/aromatic N) is 2. The van der Waals surface area contributed by atoms with Crippen LogP contribution in [0.4, 0.5) is 5.13 Å². The van der Waals surface area contributed by atoms with Gasteiger partial charge in [-0.25, -0.2) is 9.98 Å². The van der Waals surface area contributed by atoms with Gasteiger partial charge in [0.05, 0.1) is 10.2 Å². The molecule has 1 aromatic heterocycles. The highest BCUT2D eigenvalue weighted by molar-refractivity contribution is 7.22. The molecule has 124 valence electrons. The molecule has 2 heterocycles. The van der Waals surface area contributed by atoms with Crippen LogP contribution in [0.2, 0.25) is 5.31 Å². The Hall–Kier alpha value is -1.60. The van der Waals surface area contributed by atoms with E-state index in [9.17, 15) is 0 Å². The fourth-order valence-corrected chi connectivity index (χ4v) is 5.69. The van der Waals surface area contributed by atoms with Crippen molar-refractivity contribution in [2.45, 2.75) is 49.2 Å². The molecule has 3 aliphatic carbocycles. The maximum atomic E-state index is 6.44. The molecule has 7 heteroatoms. The second-order valence-electron chi connectivity index (χ2n) is 7.81. The highest BCUT2D eigenvalue weighted by atomic mass is 32.1. The van der Waals surface area contributed by atoms with Crippen LogP contribution in [0, 0.1) is 5.92 Å². The Labute approximate surface area is 146 Å². The molecule has 2 aromatic rings. The van der Waals surface area contributed by atoms with Crippen LogP contribution in [-0.2, 0) is 4.74 Å². The number of rotatable bonds is 1. The monoisotopic (exact) mass is 340 g/mol. The number of aromatic nitrogens is 1. The van der Waals surface area contributed by atoms with E-state index in [0.717, 1.165) is 21.8 Å². The average Bonchev–Trinajstić information content (AvgIpc) is 3.08. The Kier molecular flexibility index (Phi) is 3.04. The first-order chi connectivity index (χ1) is 11.6. The van der Waals surface area contributed by atoms with Gasteiger partial charge in [-0.2, -0.15) is 0 Å². The van der Waals surface area contributed by atoms with Crippen molar-refractivity contribution >= 4 is 40.6 Å². The number of benzene rings is 1. The minimum absolute atomic E-state index is 0.278. The molecule has 2 bridgehead atoms. The second kappa shape index (κ2) is 4.96. The van der Waals surface area contributed by atoms with Gasteiger partial charge in [0, 0.05) is 5.92 Å². The first kappa shape index (κ1) is 14.7.